The van der Waals surface area contributed by atoms with Crippen molar-refractivity contribution in [3.05, 3.63) is 83.7 Å². The van der Waals surface area contributed by atoms with Crippen molar-refractivity contribution in [2.24, 2.45) is 0 Å². The monoisotopic (exact) mass is 529 g/mol. The SMILES string of the molecule is COc1ccc(C(Oc2ccc(OCC(=O)O)c(C)c2)c2cc(-c3ccc(OC(F)(F)F)cc3)[nH]n2)cn1. The molecular formula is C26H22F3N3O6. The first kappa shape index (κ1) is 26.3. The highest BCUT2D eigenvalue weighted by Gasteiger charge is 2.31. The van der Waals surface area contributed by atoms with Gasteiger partial charge in [0.05, 0.1) is 12.8 Å². The van der Waals surface area contributed by atoms with Crippen molar-refractivity contribution in [2.45, 2.75) is 19.4 Å². The highest BCUT2D eigenvalue weighted by Crippen LogP contribution is 2.33. The average Bonchev–Trinajstić information content (AvgIpc) is 3.36. The van der Waals surface area contributed by atoms with Crippen LogP contribution in [0.2, 0.25) is 0 Å². The van der Waals surface area contributed by atoms with Gasteiger partial charge in [-0.25, -0.2) is 9.78 Å². The molecule has 4 aromatic rings. The van der Waals surface area contributed by atoms with Gasteiger partial charge in [0.1, 0.15) is 22.9 Å². The number of halogens is 3. The number of pyridine rings is 1. The number of H-pyrrole nitrogens is 1. The highest BCUT2D eigenvalue weighted by molar-refractivity contribution is 5.68. The van der Waals surface area contributed by atoms with E-state index >= 15 is 0 Å². The van der Waals surface area contributed by atoms with E-state index in [4.69, 9.17) is 19.3 Å². The molecule has 1 atom stereocenters. The quantitative estimate of drug-likeness (QED) is 0.284. The molecule has 2 N–H and O–H groups in total. The van der Waals surface area contributed by atoms with Gasteiger partial charge >= 0.3 is 12.3 Å². The lowest BCUT2D eigenvalue weighted by atomic mass is 10.1. The Morgan fingerprint density at radius 2 is 1.79 bits per heavy atom. The number of aromatic nitrogens is 3. The maximum absolute atomic E-state index is 12.5. The summed E-state index contributed by atoms with van der Waals surface area (Å²) in [7, 11) is 1.50. The molecule has 0 aliphatic rings. The number of benzene rings is 2. The Morgan fingerprint density at radius 1 is 1.05 bits per heavy atom. The van der Waals surface area contributed by atoms with Crippen LogP contribution in [-0.2, 0) is 4.79 Å². The average molecular weight is 529 g/mol. The van der Waals surface area contributed by atoms with E-state index in [1.807, 2.05) is 0 Å². The zero-order valence-electron chi connectivity index (χ0n) is 20.2. The number of aromatic amines is 1. The fourth-order valence-electron chi connectivity index (χ4n) is 3.56. The predicted molar refractivity (Wildman–Crippen MR) is 128 cm³/mol. The van der Waals surface area contributed by atoms with Gasteiger partial charge in [-0.2, -0.15) is 5.10 Å². The summed E-state index contributed by atoms with van der Waals surface area (Å²) < 4.78 is 58.0. The van der Waals surface area contributed by atoms with Gasteiger partial charge in [0.15, 0.2) is 12.7 Å². The van der Waals surface area contributed by atoms with E-state index < -0.39 is 25.0 Å². The fraction of sp³-hybridized carbons (Fsp3) is 0.192. The molecular weight excluding hydrogens is 507 g/mol. The van der Waals surface area contributed by atoms with E-state index in [9.17, 15) is 18.0 Å². The largest absolute Gasteiger partial charge is 0.573 e. The maximum Gasteiger partial charge on any atom is 0.573 e. The number of carbonyl (C=O) groups is 1. The molecule has 38 heavy (non-hydrogen) atoms. The Morgan fingerprint density at radius 3 is 2.39 bits per heavy atom. The highest BCUT2D eigenvalue weighted by atomic mass is 19.4. The topological polar surface area (TPSA) is 116 Å². The third-order valence-corrected chi connectivity index (χ3v) is 5.29. The summed E-state index contributed by atoms with van der Waals surface area (Å²) >= 11 is 0. The molecule has 4 rings (SSSR count). The number of alkyl halides is 3. The lowest BCUT2D eigenvalue weighted by Crippen LogP contribution is -2.16. The number of aryl methyl sites for hydroxylation is 1. The van der Waals surface area contributed by atoms with Crippen LogP contribution in [0.4, 0.5) is 13.2 Å². The molecule has 0 bridgehead atoms. The number of aliphatic carboxylic acids is 1. The maximum atomic E-state index is 12.5. The first-order valence-corrected chi connectivity index (χ1v) is 11.1. The van der Waals surface area contributed by atoms with Gasteiger partial charge in [0.25, 0.3) is 0 Å². The first-order valence-electron chi connectivity index (χ1n) is 11.1. The summed E-state index contributed by atoms with van der Waals surface area (Å²) in [5.74, 6) is -0.148. The Labute approximate surface area is 214 Å². The molecule has 0 amide bonds. The molecule has 0 saturated carbocycles. The van der Waals surface area contributed by atoms with E-state index in [1.165, 1.54) is 31.4 Å². The molecule has 0 fully saturated rings. The van der Waals surface area contributed by atoms with Crippen LogP contribution >= 0.6 is 0 Å². The molecule has 12 heteroatoms. The molecule has 2 aromatic carbocycles. The number of hydrogen-bond acceptors (Lipinski definition) is 7. The Hall–Kier alpha value is -4.74. The van der Waals surface area contributed by atoms with Crippen molar-refractivity contribution in [2.75, 3.05) is 13.7 Å². The van der Waals surface area contributed by atoms with Crippen molar-refractivity contribution in [1.29, 1.82) is 0 Å². The number of nitrogens with one attached hydrogen (secondary N) is 1. The van der Waals surface area contributed by atoms with E-state index in [0.717, 1.165) is 0 Å². The minimum absolute atomic E-state index is 0.336. The van der Waals surface area contributed by atoms with E-state index in [1.54, 1.807) is 49.5 Å². The third-order valence-electron chi connectivity index (χ3n) is 5.29. The normalized spacial score (nSPS) is 12.0. The number of nitrogens with zero attached hydrogens (tertiary/aromatic N) is 2. The summed E-state index contributed by atoms with van der Waals surface area (Å²) in [5.41, 5.74) is 2.93. The molecule has 1 unspecified atom stereocenters. The van der Waals surface area contributed by atoms with E-state index in [-0.39, 0.29) is 5.75 Å². The van der Waals surface area contributed by atoms with Crippen molar-refractivity contribution in [1.82, 2.24) is 15.2 Å². The number of hydrogen-bond donors (Lipinski definition) is 2. The summed E-state index contributed by atoms with van der Waals surface area (Å²) in [5, 5.41) is 16.1. The van der Waals surface area contributed by atoms with Gasteiger partial charge in [-0.05, 0) is 72.6 Å². The minimum Gasteiger partial charge on any atom is -0.482 e. The second-order valence-corrected chi connectivity index (χ2v) is 8.02. The molecule has 0 spiro atoms. The molecule has 0 saturated heterocycles. The molecule has 9 nitrogen and oxygen atoms in total. The molecule has 2 aromatic heterocycles. The fourth-order valence-corrected chi connectivity index (χ4v) is 3.56. The lowest BCUT2D eigenvalue weighted by Gasteiger charge is -2.19. The summed E-state index contributed by atoms with van der Waals surface area (Å²) in [6.07, 6.45) is -3.92. The predicted octanol–water partition coefficient (Wildman–Crippen LogP) is 5.32. The van der Waals surface area contributed by atoms with Gasteiger partial charge in [-0.3, -0.25) is 5.10 Å². The van der Waals surface area contributed by atoms with E-state index in [0.29, 0.717) is 45.5 Å². The number of methoxy groups -OCH3 is 1. The molecule has 0 aliphatic carbocycles. The van der Waals surface area contributed by atoms with E-state index in [2.05, 4.69) is 19.9 Å². The van der Waals surface area contributed by atoms with Gasteiger partial charge in [-0.1, -0.05) is 0 Å². The van der Waals surface area contributed by atoms with Crippen LogP contribution in [-0.4, -0.2) is 46.3 Å². The summed E-state index contributed by atoms with van der Waals surface area (Å²) in [6, 6.07) is 15.5. The molecule has 2 heterocycles. The van der Waals surface area contributed by atoms with Crippen molar-refractivity contribution in [3.63, 3.8) is 0 Å². The zero-order chi connectivity index (χ0) is 27.3. The number of carboxylic acid groups (broad SMARTS) is 1. The standard InChI is InChI=1S/C26H22F3N3O6/c1-15-11-19(8-9-22(15)36-14-24(33)34)37-25(17-5-10-23(35-2)30-13-17)21-12-20(31-32-21)16-3-6-18(7-4-16)38-26(27,28)29/h3-13,25H,14H2,1-2H3,(H,31,32)(H,33,34). The number of carboxylic acids is 1. The summed E-state index contributed by atoms with van der Waals surface area (Å²) in [6.45, 7) is 1.29. The first-order chi connectivity index (χ1) is 18.1. The Balaban J connectivity index is 1.61. The number of ether oxygens (including phenoxy) is 4. The van der Waals surface area contributed by atoms with Gasteiger partial charge in [0.2, 0.25) is 5.88 Å². The van der Waals surface area contributed by atoms with Gasteiger partial charge in [0, 0.05) is 17.8 Å². The van der Waals surface area contributed by atoms with Crippen molar-refractivity contribution in [3.8, 4) is 34.4 Å². The summed E-state index contributed by atoms with van der Waals surface area (Å²) in [4.78, 5) is 15.0. The van der Waals surface area contributed by atoms with Gasteiger partial charge in [-0.15, -0.1) is 13.2 Å². The van der Waals surface area contributed by atoms with Crippen LogP contribution in [0.15, 0.2) is 66.9 Å². The zero-order valence-corrected chi connectivity index (χ0v) is 20.2. The molecule has 0 aliphatic heterocycles. The Bertz CT molecular complexity index is 1390. The smallest absolute Gasteiger partial charge is 0.482 e. The van der Waals surface area contributed by atoms with Crippen LogP contribution in [0.1, 0.15) is 22.9 Å². The van der Waals surface area contributed by atoms with Crippen molar-refractivity contribution >= 4 is 5.97 Å². The van der Waals surface area contributed by atoms with Crippen LogP contribution < -0.4 is 18.9 Å². The molecule has 198 valence electrons. The molecule has 0 radical (unpaired) electrons. The Kier molecular flexibility index (Phi) is 7.70. The third kappa shape index (κ3) is 6.72. The van der Waals surface area contributed by atoms with Crippen LogP contribution in [0, 0.1) is 6.92 Å². The second-order valence-electron chi connectivity index (χ2n) is 8.02. The minimum atomic E-state index is -4.78. The van der Waals surface area contributed by atoms with Crippen LogP contribution in [0.25, 0.3) is 11.3 Å². The second kappa shape index (κ2) is 11.1. The van der Waals surface area contributed by atoms with Crippen LogP contribution in [0.5, 0.6) is 23.1 Å². The van der Waals surface area contributed by atoms with Crippen LogP contribution in [0.3, 0.4) is 0 Å². The number of rotatable bonds is 10. The van der Waals surface area contributed by atoms with Gasteiger partial charge < -0.3 is 24.1 Å². The lowest BCUT2D eigenvalue weighted by molar-refractivity contribution is -0.274. The van der Waals surface area contributed by atoms with Crippen molar-refractivity contribution < 1.29 is 42.0 Å².